The van der Waals surface area contributed by atoms with Crippen LogP contribution in [0.2, 0.25) is 0 Å². The number of hydrogen-bond donors (Lipinski definition) is 2. The maximum absolute atomic E-state index is 14.0. The summed E-state index contributed by atoms with van der Waals surface area (Å²) in [7, 11) is 0. The van der Waals surface area contributed by atoms with Crippen molar-refractivity contribution in [3.63, 3.8) is 0 Å². The average Bonchev–Trinajstić information content (AvgIpc) is 2.75. The molecule has 0 saturated carbocycles. The Morgan fingerprint density at radius 2 is 1.31 bits per heavy atom. The Labute approximate surface area is 194 Å². The maximum atomic E-state index is 14.0. The number of hydrogen-bond acceptors (Lipinski definition) is 3. The van der Waals surface area contributed by atoms with E-state index in [1.165, 1.54) is 37.3 Å². The van der Waals surface area contributed by atoms with Crippen molar-refractivity contribution in [1.29, 1.82) is 0 Å². The first-order chi connectivity index (χ1) is 16.1. The number of aliphatic hydroxyl groups excluding tert-OH is 1. The molecule has 0 saturated heterocycles. The van der Waals surface area contributed by atoms with E-state index in [9.17, 15) is 67.0 Å². The molecule has 1 rings (SSSR count). The maximum Gasteiger partial charge on any atom is 0.460 e. The number of benzene rings is 1. The first kappa shape index (κ1) is 31.6. The molecule has 0 heterocycles. The molecule has 2 N–H and O–H groups in total. The minimum absolute atomic E-state index is 0.0465. The molecule has 0 bridgehead atoms. The van der Waals surface area contributed by atoms with Gasteiger partial charge in [-0.3, -0.25) is 0 Å². The van der Waals surface area contributed by atoms with Crippen LogP contribution >= 0.6 is 0 Å². The Morgan fingerprint density at radius 3 is 1.75 bits per heavy atom. The van der Waals surface area contributed by atoms with Crippen molar-refractivity contribution in [2.24, 2.45) is 0 Å². The molecular formula is C19H18F13NO3. The smallest absolute Gasteiger partial charge is 0.450 e. The SMILES string of the molecule is CCOC(=O)N[C@H](c1ccccc1)[C@H](O)CCC(F)(F)C(F)(F)C(F)(F)C(F)(F)C(F)(F)C(F)(F)F. The fourth-order valence-electron chi connectivity index (χ4n) is 2.82. The van der Waals surface area contributed by atoms with Crippen molar-refractivity contribution >= 4 is 6.09 Å². The normalized spacial score (nSPS) is 15.9. The highest BCUT2D eigenvalue weighted by atomic mass is 19.4. The molecule has 208 valence electrons. The van der Waals surface area contributed by atoms with E-state index in [-0.39, 0.29) is 12.2 Å². The summed E-state index contributed by atoms with van der Waals surface area (Å²) in [4.78, 5) is 11.7. The standard InChI is InChI=1S/C19H18F13NO3/c1-2-36-13(35)33-12(10-6-4-3-5-7-10)11(34)8-9-14(20,21)15(22,23)16(24,25)17(26,27)18(28,29)19(30,31)32/h3-7,11-12,34H,2,8-9H2,1H3,(H,33,35)/t11-,12-/m1/s1. The summed E-state index contributed by atoms with van der Waals surface area (Å²) >= 11 is 0. The van der Waals surface area contributed by atoms with Gasteiger partial charge in [0.15, 0.2) is 0 Å². The molecule has 36 heavy (non-hydrogen) atoms. The number of ether oxygens (including phenoxy) is 1. The molecule has 0 aliphatic rings. The summed E-state index contributed by atoms with van der Waals surface area (Å²) in [5, 5.41) is 12.1. The Bertz CT molecular complexity index is 875. The van der Waals surface area contributed by atoms with Crippen molar-refractivity contribution in [2.45, 2.75) is 67.7 Å². The fraction of sp³-hybridized carbons (Fsp3) is 0.632. The molecule has 0 radical (unpaired) electrons. The summed E-state index contributed by atoms with van der Waals surface area (Å²) in [6, 6.07) is 4.74. The molecule has 0 fully saturated rings. The third-order valence-electron chi connectivity index (χ3n) is 4.84. The summed E-state index contributed by atoms with van der Waals surface area (Å²) in [5.41, 5.74) is -0.0465. The monoisotopic (exact) mass is 555 g/mol. The van der Waals surface area contributed by atoms with E-state index in [1.807, 2.05) is 5.32 Å². The Hall–Kier alpha value is -2.46. The van der Waals surface area contributed by atoms with Crippen LogP contribution in [-0.2, 0) is 4.74 Å². The summed E-state index contributed by atoms with van der Waals surface area (Å²) in [6.45, 7) is 1.12. The number of carbonyl (C=O) groups is 1. The first-order valence-electron chi connectivity index (χ1n) is 9.70. The van der Waals surface area contributed by atoms with Gasteiger partial charge in [-0.2, -0.15) is 57.1 Å². The van der Waals surface area contributed by atoms with Crippen molar-refractivity contribution in [3.05, 3.63) is 35.9 Å². The van der Waals surface area contributed by atoms with Gasteiger partial charge in [0.05, 0.1) is 18.8 Å². The highest BCUT2D eigenvalue weighted by Crippen LogP contribution is 2.60. The molecule has 0 aliphatic carbocycles. The Morgan fingerprint density at radius 1 is 0.833 bits per heavy atom. The van der Waals surface area contributed by atoms with Gasteiger partial charge in [0.1, 0.15) is 0 Å². The van der Waals surface area contributed by atoms with Gasteiger partial charge in [0.2, 0.25) is 0 Å². The van der Waals surface area contributed by atoms with E-state index in [4.69, 9.17) is 0 Å². The number of alkyl carbamates (subject to hydrolysis) is 1. The van der Waals surface area contributed by atoms with E-state index in [0.29, 0.717) is 0 Å². The molecule has 1 aromatic rings. The number of alkyl halides is 13. The lowest BCUT2D eigenvalue weighted by atomic mass is 9.90. The molecule has 17 heteroatoms. The number of amides is 1. The third kappa shape index (κ3) is 5.75. The third-order valence-corrected chi connectivity index (χ3v) is 4.84. The second-order valence-electron chi connectivity index (χ2n) is 7.36. The van der Waals surface area contributed by atoms with E-state index in [2.05, 4.69) is 4.74 Å². The van der Waals surface area contributed by atoms with Gasteiger partial charge in [-0.1, -0.05) is 30.3 Å². The summed E-state index contributed by atoms with van der Waals surface area (Å²) in [5.74, 6) is -37.5. The number of rotatable bonds is 11. The topological polar surface area (TPSA) is 58.6 Å². The van der Waals surface area contributed by atoms with Crippen LogP contribution < -0.4 is 5.32 Å². The molecule has 1 aromatic carbocycles. The van der Waals surface area contributed by atoms with Crippen molar-refractivity contribution in [1.82, 2.24) is 5.32 Å². The number of carbonyl (C=O) groups excluding carboxylic acids is 1. The second kappa shape index (κ2) is 10.5. The quantitative estimate of drug-likeness (QED) is 0.313. The lowest BCUT2D eigenvalue weighted by Gasteiger charge is -2.40. The average molecular weight is 555 g/mol. The van der Waals surface area contributed by atoms with E-state index in [0.717, 1.165) is 0 Å². The van der Waals surface area contributed by atoms with Crippen LogP contribution in [0.1, 0.15) is 31.4 Å². The summed E-state index contributed by atoms with van der Waals surface area (Å²) in [6.07, 6.45) is -15.3. The molecular weight excluding hydrogens is 537 g/mol. The molecule has 0 aromatic heterocycles. The van der Waals surface area contributed by atoms with Gasteiger partial charge in [0.25, 0.3) is 0 Å². The molecule has 1 amide bonds. The van der Waals surface area contributed by atoms with Gasteiger partial charge >= 0.3 is 41.9 Å². The van der Waals surface area contributed by atoms with Crippen molar-refractivity contribution in [2.75, 3.05) is 6.61 Å². The van der Waals surface area contributed by atoms with Gasteiger partial charge in [-0.15, -0.1) is 0 Å². The van der Waals surface area contributed by atoms with Gasteiger partial charge < -0.3 is 15.2 Å². The van der Waals surface area contributed by atoms with Crippen molar-refractivity contribution in [3.8, 4) is 0 Å². The van der Waals surface area contributed by atoms with Gasteiger partial charge in [0, 0.05) is 6.42 Å². The fourth-order valence-corrected chi connectivity index (χ4v) is 2.82. The predicted octanol–water partition coefficient (Wildman–Crippen LogP) is 6.35. The highest BCUT2D eigenvalue weighted by molar-refractivity contribution is 5.68. The van der Waals surface area contributed by atoms with E-state index in [1.54, 1.807) is 0 Å². The lowest BCUT2D eigenvalue weighted by molar-refractivity contribution is -0.440. The van der Waals surface area contributed by atoms with Crippen LogP contribution in [0.3, 0.4) is 0 Å². The summed E-state index contributed by atoms with van der Waals surface area (Å²) < 4.78 is 176. The molecule has 2 atom stereocenters. The zero-order chi connectivity index (χ0) is 28.4. The number of aliphatic hydroxyl groups is 1. The van der Waals surface area contributed by atoms with Crippen LogP contribution in [0, 0.1) is 0 Å². The molecule has 0 aliphatic heterocycles. The predicted molar refractivity (Wildman–Crippen MR) is 95.4 cm³/mol. The molecule has 0 unspecified atom stereocenters. The van der Waals surface area contributed by atoms with Gasteiger partial charge in [-0.05, 0) is 18.9 Å². The van der Waals surface area contributed by atoms with E-state index < -0.39 is 66.9 Å². The minimum atomic E-state index is -8.00. The molecule has 0 spiro atoms. The van der Waals surface area contributed by atoms with Crippen LogP contribution in [-0.4, -0.2) is 59.7 Å². The highest BCUT2D eigenvalue weighted by Gasteiger charge is 2.90. The van der Waals surface area contributed by atoms with Crippen molar-refractivity contribution < 1.29 is 71.7 Å². The number of nitrogens with one attached hydrogen (secondary N) is 1. The largest absolute Gasteiger partial charge is 0.460 e. The second-order valence-corrected chi connectivity index (χ2v) is 7.36. The zero-order valence-electron chi connectivity index (χ0n) is 17.8. The van der Waals surface area contributed by atoms with Crippen LogP contribution in [0.25, 0.3) is 0 Å². The lowest BCUT2D eigenvalue weighted by Crippen LogP contribution is -2.70. The van der Waals surface area contributed by atoms with E-state index >= 15 is 0 Å². The van der Waals surface area contributed by atoms with Crippen LogP contribution in [0.15, 0.2) is 30.3 Å². The minimum Gasteiger partial charge on any atom is -0.450 e. The zero-order valence-corrected chi connectivity index (χ0v) is 17.8. The van der Waals surface area contributed by atoms with Gasteiger partial charge in [-0.25, -0.2) is 4.79 Å². The molecule has 4 nitrogen and oxygen atoms in total. The number of halogens is 13. The Balaban J connectivity index is 3.24. The van der Waals surface area contributed by atoms with Crippen LogP contribution in [0.5, 0.6) is 0 Å². The first-order valence-corrected chi connectivity index (χ1v) is 9.70. The van der Waals surface area contributed by atoms with Crippen LogP contribution in [0.4, 0.5) is 61.9 Å². The Kier molecular flexibility index (Phi) is 9.20.